The average Bonchev–Trinajstić information content (AvgIpc) is 3.03. The fourth-order valence-corrected chi connectivity index (χ4v) is 4.84. The van der Waals surface area contributed by atoms with E-state index in [-0.39, 0.29) is 24.8 Å². The number of hydrogen-bond donors (Lipinski definition) is 1. The van der Waals surface area contributed by atoms with Gasteiger partial charge in [-0.05, 0) is 52.9 Å². The third-order valence-corrected chi connectivity index (χ3v) is 7.14. The van der Waals surface area contributed by atoms with Gasteiger partial charge in [0.05, 0.1) is 27.8 Å². The number of nitrogens with zero attached hydrogens (tertiary/aromatic N) is 1. The lowest BCUT2D eigenvalue weighted by Crippen LogP contribution is -2.51. The number of carbonyl (C=O) groups excluding carboxylic acids is 2. The molecule has 0 fully saturated rings. The Kier molecular flexibility index (Phi) is 11.0. The van der Waals surface area contributed by atoms with E-state index in [1.807, 2.05) is 103 Å². The number of benzene rings is 4. The Morgan fingerprint density at radius 3 is 1.93 bits per heavy atom. The van der Waals surface area contributed by atoms with Crippen LogP contribution < -0.4 is 19.5 Å². The second-order valence-corrected chi connectivity index (χ2v) is 9.97. The SMILES string of the molecule is COc1ccc(CN(C(=O)Cc2ccccc2)C(Cc2ccccc2)C(=O)NCCc2ccc(OC)c(OC)c2)cc1. The van der Waals surface area contributed by atoms with Gasteiger partial charge in [0.15, 0.2) is 11.5 Å². The molecule has 0 bridgehead atoms. The summed E-state index contributed by atoms with van der Waals surface area (Å²) in [7, 11) is 4.82. The van der Waals surface area contributed by atoms with Crippen molar-refractivity contribution in [1.29, 1.82) is 0 Å². The van der Waals surface area contributed by atoms with Crippen LogP contribution in [-0.4, -0.2) is 50.6 Å². The molecule has 7 heteroatoms. The van der Waals surface area contributed by atoms with E-state index in [2.05, 4.69) is 5.32 Å². The Morgan fingerprint density at radius 1 is 0.690 bits per heavy atom. The monoisotopic (exact) mass is 566 g/mol. The van der Waals surface area contributed by atoms with Crippen LogP contribution in [0, 0.1) is 0 Å². The molecule has 2 amide bonds. The van der Waals surface area contributed by atoms with Gasteiger partial charge in [-0.2, -0.15) is 0 Å². The summed E-state index contributed by atoms with van der Waals surface area (Å²) in [4.78, 5) is 29.5. The van der Waals surface area contributed by atoms with Crippen molar-refractivity contribution in [3.05, 3.63) is 125 Å². The van der Waals surface area contributed by atoms with Crippen LogP contribution >= 0.6 is 0 Å². The fourth-order valence-electron chi connectivity index (χ4n) is 4.84. The van der Waals surface area contributed by atoms with Gasteiger partial charge in [0.1, 0.15) is 11.8 Å². The van der Waals surface area contributed by atoms with E-state index in [9.17, 15) is 9.59 Å². The maximum absolute atomic E-state index is 13.9. The fraction of sp³-hybridized carbons (Fsp3) is 0.257. The molecule has 0 aliphatic carbocycles. The van der Waals surface area contributed by atoms with Crippen LogP contribution in [0.15, 0.2) is 103 Å². The molecule has 7 nitrogen and oxygen atoms in total. The van der Waals surface area contributed by atoms with Crippen molar-refractivity contribution < 1.29 is 23.8 Å². The molecule has 0 radical (unpaired) electrons. The van der Waals surface area contributed by atoms with Crippen LogP contribution in [0.4, 0.5) is 0 Å². The highest BCUT2D eigenvalue weighted by molar-refractivity contribution is 5.88. The zero-order chi connectivity index (χ0) is 29.7. The summed E-state index contributed by atoms with van der Waals surface area (Å²) in [6, 6.07) is 32.0. The first-order chi connectivity index (χ1) is 20.5. The minimum atomic E-state index is -0.712. The first-order valence-corrected chi connectivity index (χ1v) is 14.0. The van der Waals surface area contributed by atoms with Crippen LogP contribution in [0.3, 0.4) is 0 Å². The Hall–Kier alpha value is -4.78. The average molecular weight is 567 g/mol. The van der Waals surface area contributed by atoms with Crippen LogP contribution in [0.25, 0.3) is 0 Å². The molecule has 0 aromatic heterocycles. The third-order valence-electron chi connectivity index (χ3n) is 7.14. The minimum absolute atomic E-state index is 0.118. The van der Waals surface area contributed by atoms with E-state index >= 15 is 0 Å². The predicted molar refractivity (Wildman–Crippen MR) is 164 cm³/mol. The lowest BCUT2D eigenvalue weighted by molar-refractivity contribution is -0.140. The normalized spacial score (nSPS) is 11.3. The number of rotatable bonds is 14. The highest BCUT2D eigenvalue weighted by atomic mass is 16.5. The molecular weight excluding hydrogens is 528 g/mol. The second kappa shape index (κ2) is 15.3. The van der Waals surface area contributed by atoms with Gasteiger partial charge in [-0.1, -0.05) is 78.9 Å². The van der Waals surface area contributed by atoms with Crippen molar-refractivity contribution in [2.75, 3.05) is 27.9 Å². The molecular formula is C35H38N2O5. The zero-order valence-corrected chi connectivity index (χ0v) is 24.4. The maximum Gasteiger partial charge on any atom is 0.243 e. The Labute approximate surface area is 248 Å². The number of nitrogens with one attached hydrogen (secondary N) is 1. The molecule has 1 atom stereocenters. The number of ether oxygens (including phenoxy) is 3. The molecule has 0 saturated heterocycles. The summed E-state index contributed by atoms with van der Waals surface area (Å²) < 4.78 is 16.1. The van der Waals surface area contributed by atoms with Gasteiger partial charge in [0.25, 0.3) is 0 Å². The van der Waals surface area contributed by atoms with Gasteiger partial charge in [-0.15, -0.1) is 0 Å². The van der Waals surface area contributed by atoms with Crippen molar-refractivity contribution in [1.82, 2.24) is 10.2 Å². The first-order valence-electron chi connectivity index (χ1n) is 14.0. The van der Waals surface area contributed by atoms with E-state index in [1.165, 1.54) is 0 Å². The van der Waals surface area contributed by atoms with E-state index < -0.39 is 6.04 Å². The summed E-state index contributed by atoms with van der Waals surface area (Å²) in [6.45, 7) is 0.694. The molecule has 0 aliphatic heterocycles. The summed E-state index contributed by atoms with van der Waals surface area (Å²) in [5, 5.41) is 3.10. The third kappa shape index (κ3) is 8.36. The Balaban J connectivity index is 1.58. The number of methoxy groups -OCH3 is 3. The lowest BCUT2D eigenvalue weighted by Gasteiger charge is -2.32. The molecule has 0 saturated carbocycles. The Morgan fingerprint density at radius 2 is 1.31 bits per heavy atom. The first kappa shape index (κ1) is 30.2. The Bertz CT molecular complexity index is 1430. The van der Waals surface area contributed by atoms with Gasteiger partial charge in [0, 0.05) is 19.5 Å². The largest absolute Gasteiger partial charge is 0.497 e. The number of amides is 2. The summed E-state index contributed by atoms with van der Waals surface area (Å²) in [6.07, 6.45) is 1.18. The summed E-state index contributed by atoms with van der Waals surface area (Å²) in [5.41, 5.74) is 3.79. The van der Waals surface area contributed by atoms with Gasteiger partial charge < -0.3 is 24.4 Å². The number of hydrogen-bond acceptors (Lipinski definition) is 5. The van der Waals surface area contributed by atoms with Crippen LogP contribution in [0.5, 0.6) is 17.2 Å². The van der Waals surface area contributed by atoms with Crippen LogP contribution in [0.2, 0.25) is 0 Å². The van der Waals surface area contributed by atoms with E-state index in [0.717, 1.165) is 28.0 Å². The van der Waals surface area contributed by atoms with Crippen LogP contribution in [-0.2, 0) is 35.4 Å². The topological polar surface area (TPSA) is 77.1 Å². The standard InChI is InChI=1S/C35H38N2O5/c1-40-30-17-14-29(15-18-30)25-37(34(38)24-27-12-8-5-9-13-27)31(22-26-10-6-4-7-11-26)35(39)36-21-20-28-16-19-32(41-2)33(23-28)42-3/h4-19,23,31H,20-22,24-25H2,1-3H3,(H,36,39). The van der Waals surface area contributed by atoms with Gasteiger partial charge in [-0.3, -0.25) is 9.59 Å². The molecule has 218 valence electrons. The van der Waals surface area contributed by atoms with Crippen molar-refractivity contribution in [3.63, 3.8) is 0 Å². The van der Waals surface area contributed by atoms with E-state index in [0.29, 0.717) is 30.9 Å². The predicted octanol–water partition coefficient (Wildman–Crippen LogP) is 5.25. The van der Waals surface area contributed by atoms with Gasteiger partial charge in [-0.25, -0.2) is 0 Å². The molecule has 1 unspecified atom stereocenters. The summed E-state index contributed by atoms with van der Waals surface area (Å²) in [5.74, 6) is 1.71. The molecule has 4 aromatic rings. The van der Waals surface area contributed by atoms with Crippen molar-refractivity contribution in [2.24, 2.45) is 0 Å². The smallest absolute Gasteiger partial charge is 0.243 e. The van der Waals surface area contributed by atoms with Crippen molar-refractivity contribution >= 4 is 11.8 Å². The summed E-state index contributed by atoms with van der Waals surface area (Å²) >= 11 is 0. The molecule has 0 heterocycles. The number of carbonyl (C=O) groups is 2. The van der Waals surface area contributed by atoms with Gasteiger partial charge >= 0.3 is 0 Å². The van der Waals surface area contributed by atoms with Crippen molar-refractivity contribution in [3.8, 4) is 17.2 Å². The quantitative estimate of drug-likeness (QED) is 0.226. The second-order valence-electron chi connectivity index (χ2n) is 9.97. The molecule has 0 spiro atoms. The van der Waals surface area contributed by atoms with Crippen molar-refractivity contribution in [2.45, 2.75) is 31.8 Å². The maximum atomic E-state index is 13.9. The van der Waals surface area contributed by atoms with Gasteiger partial charge in [0.2, 0.25) is 11.8 Å². The zero-order valence-electron chi connectivity index (χ0n) is 24.4. The molecule has 1 N–H and O–H groups in total. The highest BCUT2D eigenvalue weighted by Crippen LogP contribution is 2.27. The van der Waals surface area contributed by atoms with Crippen LogP contribution in [0.1, 0.15) is 22.3 Å². The highest BCUT2D eigenvalue weighted by Gasteiger charge is 2.30. The minimum Gasteiger partial charge on any atom is -0.497 e. The lowest BCUT2D eigenvalue weighted by atomic mass is 10.0. The molecule has 4 rings (SSSR count). The van der Waals surface area contributed by atoms with E-state index in [1.54, 1.807) is 26.2 Å². The van der Waals surface area contributed by atoms with E-state index in [4.69, 9.17) is 14.2 Å². The molecule has 42 heavy (non-hydrogen) atoms. The molecule has 0 aliphatic rings. The molecule has 4 aromatic carbocycles.